The maximum absolute atomic E-state index is 11.2. The van der Waals surface area contributed by atoms with Gasteiger partial charge in [0, 0.05) is 6.04 Å². The summed E-state index contributed by atoms with van der Waals surface area (Å²) >= 11 is 0. The number of nitrogens with one attached hydrogen (secondary N) is 2. The Kier molecular flexibility index (Phi) is 7.37. The monoisotopic (exact) mass is 204 g/mol. The van der Waals surface area contributed by atoms with Gasteiger partial charge in [0.1, 0.15) is 0 Å². The minimum atomic E-state index is -0.554. The lowest BCUT2D eigenvalue weighted by Gasteiger charge is -2.15. The highest BCUT2D eigenvalue weighted by Gasteiger charge is 2.09. The van der Waals surface area contributed by atoms with Crippen molar-refractivity contribution in [3.8, 4) is 0 Å². The van der Waals surface area contributed by atoms with Gasteiger partial charge in [0.25, 0.3) is 0 Å². The number of amides is 1. The molecule has 0 rings (SSSR count). The summed E-state index contributed by atoms with van der Waals surface area (Å²) in [6.45, 7) is 3.74. The van der Waals surface area contributed by atoms with E-state index < -0.39 is 6.04 Å². The van der Waals surface area contributed by atoms with E-state index in [4.69, 9.17) is 10.2 Å². The summed E-state index contributed by atoms with van der Waals surface area (Å²) in [7, 11) is 0. The van der Waals surface area contributed by atoms with Crippen molar-refractivity contribution in [1.82, 2.24) is 10.6 Å². The van der Waals surface area contributed by atoms with Crippen LogP contribution in [-0.4, -0.2) is 48.0 Å². The molecule has 14 heavy (non-hydrogen) atoms. The fourth-order valence-electron chi connectivity index (χ4n) is 0.839. The van der Waals surface area contributed by atoms with Crippen molar-refractivity contribution in [3.05, 3.63) is 0 Å². The first-order valence-electron chi connectivity index (χ1n) is 4.88. The van der Waals surface area contributed by atoms with Gasteiger partial charge >= 0.3 is 0 Å². The third kappa shape index (κ3) is 5.90. The van der Waals surface area contributed by atoms with Gasteiger partial charge < -0.3 is 20.8 Å². The van der Waals surface area contributed by atoms with Gasteiger partial charge in [-0.15, -0.1) is 0 Å². The number of aliphatic hydroxyl groups excluding tert-OH is 2. The molecule has 0 bridgehead atoms. The average molecular weight is 204 g/mol. The van der Waals surface area contributed by atoms with E-state index in [1.165, 1.54) is 0 Å². The Morgan fingerprint density at radius 2 is 1.93 bits per heavy atom. The molecule has 0 spiro atoms. The van der Waals surface area contributed by atoms with Crippen molar-refractivity contribution < 1.29 is 15.0 Å². The first-order valence-corrected chi connectivity index (χ1v) is 4.88. The normalized spacial score (nSPS) is 12.9. The predicted octanol–water partition coefficient (Wildman–Crippen LogP) is -1.16. The van der Waals surface area contributed by atoms with E-state index >= 15 is 0 Å². The number of carbonyl (C=O) groups excluding carboxylic acids is 1. The van der Waals surface area contributed by atoms with E-state index in [-0.39, 0.29) is 25.7 Å². The maximum Gasteiger partial charge on any atom is 0.234 e. The summed E-state index contributed by atoms with van der Waals surface area (Å²) in [6.07, 6.45) is 0.955. The van der Waals surface area contributed by atoms with Crippen molar-refractivity contribution in [2.45, 2.75) is 32.4 Å². The molecule has 1 amide bonds. The molecule has 0 heterocycles. The molecule has 4 N–H and O–H groups in total. The van der Waals surface area contributed by atoms with Gasteiger partial charge in [0.15, 0.2) is 0 Å². The number of carbonyl (C=O) groups is 1. The molecule has 5 nitrogen and oxygen atoms in total. The summed E-state index contributed by atoms with van der Waals surface area (Å²) in [6, 6.07) is -0.260. The molecular formula is C9H20N2O3. The van der Waals surface area contributed by atoms with Crippen LogP contribution in [0.4, 0.5) is 0 Å². The van der Waals surface area contributed by atoms with Gasteiger partial charge in [-0.2, -0.15) is 0 Å². The minimum Gasteiger partial charge on any atom is -0.394 e. The zero-order valence-electron chi connectivity index (χ0n) is 8.79. The van der Waals surface area contributed by atoms with Gasteiger partial charge in [-0.1, -0.05) is 6.92 Å². The van der Waals surface area contributed by atoms with Crippen LogP contribution >= 0.6 is 0 Å². The summed E-state index contributed by atoms with van der Waals surface area (Å²) in [5.74, 6) is -0.210. The van der Waals surface area contributed by atoms with Gasteiger partial charge in [-0.05, 0) is 13.3 Å². The fourth-order valence-corrected chi connectivity index (χ4v) is 0.839. The Morgan fingerprint density at radius 3 is 2.36 bits per heavy atom. The Morgan fingerprint density at radius 1 is 1.36 bits per heavy atom. The van der Waals surface area contributed by atoms with Crippen LogP contribution in [-0.2, 0) is 4.79 Å². The third-order valence-electron chi connectivity index (χ3n) is 2.03. The SMILES string of the molecule is CCC(C)NCC(=O)NC(CO)CO. The van der Waals surface area contributed by atoms with Gasteiger partial charge in [0.05, 0.1) is 25.8 Å². The lowest BCUT2D eigenvalue weighted by atomic mass is 10.2. The second kappa shape index (κ2) is 7.73. The summed E-state index contributed by atoms with van der Waals surface area (Å²) in [5.41, 5.74) is 0. The van der Waals surface area contributed by atoms with E-state index in [0.29, 0.717) is 6.04 Å². The van der Waals surface area contributed by atoms with Crippen LogP contribution in [0.5, 0.6) is 0 Å². The quantitative estimate of drug-likeness (QED) is 0.422. The van der Waals surface area contributed by atoms with Crippen molar-refractivity contribution in [2.24, 2.45) is 0 Å². The zero-order valence-corrected chi connectivity index (χ0v) is 8.79. The second-order valence-electron chi connectivity index (χ2n) is 3.32. The van der Waals surface area contributed by atoms with Crippen LogP contribution in [0.2, 0.25) is 0 Å². The lowest BCUT2D eigenvalue weighted by Crippen LogP contribution is -2.45. The Hall–Kier alpha value is -0.650. The highest BCUT2D eigenvalue weighted by atomic mass is 16.3. The van der Waals surface area contributed by atoms with E-state index in [0.717, 1.165) is 6.42 Å². The number of hydrogen-bond donors (Lipinski definition) is 4. The van der Waals surface area contributed by atoms with Gasteiger partial charge in [-0.25, -0.2) is 0 Å². The Labute approximate surface area is 84.5 Å². The smallest absolute Gasteiger partial charge is 0.234 e. The summed E-state index contributed by atoms with van der Waals surface area (Å²) in [5, 5.41) is 22.9. The molecule has 1 unspecified atom stereocenters. The number of rotatable bonds is 7. The maximum atomic E-state index is 11.2. The van der Waals surface area contributed by atoms with Crippen LogP contribution in [0.1, 0.15) is 20.3 Å². The van der Waals surface area contributed by atoms with Crippen molar-refractivity contribution in [3.63, 3.8) is 0 Å². The fraction of sp³-hybridized carbons (Fsp3) is 0.889. The Balaban J connectivity index is 3.64. The summed E-state index contributed by atoms with van der Waals surface area (Å²) < 4.78 is 0. The first-order chi connectivity index (χ1) is 6.63. The average Bonchev–Trinajstić information content (AvgIpc) is 2.22. The minimum absolute atomic E-state index is 0.210. The van der Waals surface area contributed by atoms with E-state index in [9.17, 15) is 4.79 Å². The van der Waals surface area contributed by atoms with Gasteiger partial charge in [0.2, 0.25) is 5.91 Å². The predicted molar refractivity (Wildman–Crippen MR) is 53.9 cm³/mol. The van der Waals surface area contributed by atoms with Crippen LogP contribution < -0.4 is 10.6 Å². The lowest BCUT2D eigenvalue weighted by molar-refractivity contribution is -0.121. The standard InChI is InChI=1S/C9H20N2O3/c1-3-7(2)10-4-9(14)11-8(5-12)6-13/h7-8,10,12-13H,3-6H2,1-2H3,(H,11,14). The molecule has 0 saturated carbocycles. The van der Waals surface area contributed by atoms with Crippen LogP contribution in [0, 0.1) is 0 Å². The molecule has 0 aliphatic rings. The molecule has 0 aliphatic carbocycles. The largest absolute Gasteiger partial charge is 0.394 e. The molecule has 1 atom stereocenters. The third-order valence-corrected chi connectivity index (χ3v) is 2.03. The molecule has 0 fully saturated rings. The highest BCUT2D eigenvalue weighted by Crippen LogP contribution is 1.86. The molecule has 0 aromatic carbocycles. The zero-order chi connectivity index (χ0) is 11.0. The molecule has 0 aromatic rings. The number of aliphatic hydroxyl groups is 2. The molecular weight excluding hydrogens is 184 g/mol. The first kappa shape index (κ1) is 13.4. The molecule has 84 valence electrons. The number of hydrogen-bond acceptors (Lipinski definition) is 4. The molecule has 0 radical (unpaired) electrons. The summed E-state index contributed by atoms with van der Waals surface area (Å²) in [4.78, 5) is 11.2. The topological polar surface area (TPSA) is 81.6 Å². The van der Waals surface area contributed by atoms with Crippen LogP contribution in [0.15, 0.2) is 0 Å². The van der Waals surface area contributed by atoms with E-state index in [1.54, 1.807) is 0 Å². The molecule has 0 aromatic heterocycles. The van der Waals surface area contributed by atoms with Crippen LogP contribution in [0.3, 0.4) is 0 Å². The van der Waals surface area contributed by atoms with Gasteiger partial charge in [-0.3, -0.25) is 4.79 Å². The Bertz CT molecular complexity index is 160. The molecule has 0 aliphatic heterocycles. The highest BCUT2D eigenvalue weighted by molar-refractivity contribution is 5.78. The van der Waals surface area contributed by atoms with Crippen molar-refractivity contribution in [2.75, 3.05) is 19.8 Å². The van der Waals surface area contributed by atoms with E-state index in [1.807, 2.05) is 13.8 Å². The van der Waals surface area contributed by atoms with Crippen molar-refractivity contribution >= 4 is 5.91 Å². The van der Waals surface area contributed by atoms with E-state index in [2.05, 4.69) is 10.6 Å². The molecule has 5 heteroatoms. The van der Waals surface area contributed by atoms with Crippen LogP contribution in [0.25, 0.3) is 0 Å². The van der Waals surface area contributed by atoms with Crippen molar-refractivity contribution in [1.29, 1.82) is 0 Å². The second-order valence-corrected chi connectivity index (χ2v) is 3.32. The molecule has 0 saturated heterocycles.